The number of benzene rings is 7. The van der Waals surface area contributed by atoms with Gasteiger partial charge < -0.3 is 9.47 Å². The van der Waals surface area contributed by atoms with E-state index in [0.29, 0.717) is 17.9 Å². The summed E-state index contributed by atoms with van der Waals surface area (Å²) in [5.74, 6) is 0.904. The van der Waals surface area contributed by atoms with E-state index in [1.54, 1.807) is 0 Å². The Morgan fingerprint density at radius 1 is 0.518 bits per heavy atom. The van der Waals surface area contributed by atoms with Crippen molar-refractivity contribution >= 4 is 60.7 Å². The highest BCUT2D eigenvalue weighted by Crippen LogP contribution is 2.50. The van der Waals surface area contributed by atoms with Gasteiger partial charge in [-0.25, -0.2) is 0 Å². The molecule has 0 saturated carbocycles. The summed E-state index contributed by atoms with van der Waals surface area (Å²) in [7, 11) is 0. The topological polar surface area (TPSA) is 8.17 Å². The standard InChI is InChI=1S/C54H40N2/c1-2-12-39(13-3-1)55-51-20-10-8-18-46(51)49-33-37(25-30-53(49)55)38-26-31-54-50(34-38)47-19-9-11-21-52(47)56(54)40-27-22-35(23-28-40)36-24-29-45-43-16-5-4-14-41(43)42-15-6-7-17-44(42)48(45)32-36/h1-5,7-14,16-32,34,46,49,51H,6,15,33H2. The molecule has 3 unspecified atom stereocenters. The van der Waals surface area contributed by atoms with Gasteiger partial charge in [0.25, 0.3) is 0 Å². The second-order valence-electron chi connectivity index (χ2n) is 15.9. The van der Waals surface area contributed by atoms with Crippen LogP contribution in [-0.2, 0) is 6.42 Å². The minimum absolute atomic E-state index is 0.349. The molecule has 0 spiro atoms. The lowest BCUT2D eigenvalue weighted by Gasteiger charge is -2.29. The van der Waals surface area contributed by atoms with Crippen LogP contribution in [-0.4, -0.2) is 10.6 Å². The van der Waals surface area contributed by atoms with Crippen LogP contribution in [0.1, 0.15) is 29.5 Å². The Morgan fingerprint density at radius 2 is 1.23 bits per heavy atom. The Balaban J connectivity index is 0.916. The first-order valence-electron chi connectivity index (χ1n) is 20.2. The Hall–Kier alpha value is -6.64. The lowest BCUT2D eigenvalue weighted by atomic mass is 9.79. The van der Waals surface area contributed by atoms with E-state index in [9.17, 15) is 0 Å². The summed E-state index contributed by atoms with van der Waals surface area (Å²) in [6.45, 7) is 0. The van der Waals surface area contributed by atoms with Crippen LogP contribution in [0.3, 0.4) is 0 Å². The fourth-order valence-electron chi connectivity index (χ4n) is 10.5. The van der Waals surface area contributed by atoms with Gasteiger partial charge >= 0.3 is 0 Å². The zero-order valence-corrected chi connectivity index (χ0v) is 31.1. The number of hydrogen-bond acceptors (Lipinski definition) is 1. The summed E-state index contributed by atoms with van der Waals surface area (Å²) in [6.07, 6.45) is 22.0. The van der Waals surface area contributed by atoms with Crippen molar-refractivity contribution < 1.29 is 0 Å². The quantitative estimate of drug-likeness (QED) is 0.165. The number of aromatic nitrogens is 1. The third-order valence-electron chi connectivity index (χ3n) is 13.0. The third-order valence-corrected chi connectivity index (χ3v) is 13.0. The summed E-state index contributed by atoms with van der Waals surface area (Å²) in [5.41, 5.74) is 14.5. The molecular formula is C54H40N2. The predicted octanol–water partition coefficient (Wildman–Crippen LogP) is 13.6. The molecule has 3 atom stereocenters. The first-order valence-corrected chi connectivity index (χ1v) is 20.2. The normalized spacial score (nSPS) is 19.7. The zero-order valence-electron chi connectivity index (χ0n) is 31.1. The van der Waals surface area contributed by atoms with Gasteiger partial charge in [0.1, 0.15) is 0 Å². The zero-order chi connectivity index (χ0) is 36.7. The molecule has 2 nitrogen and oxygen atoms in total. The number of fused-ring (bicyclic) bond motifs is 12. The highest BCUT2D eigenvalue weighted by Gasteiger charge is 2.44. The number of aryl methyl sites for hydroxylation is 1. The molecule has 0 amide bonds. The molecule has 0 N–H and O–H groups in total. The number of para-hydroxylation sites is 2. The number of rotatable bonds is 4. The summed E-state index contributed by atoms with van der Waals surface area (Å²) in [4.78, 5) is 2.57. The van der Waals surface area contributed by atoms with E-state index in [0.717, 1.165) is 19.3 Å². The average molecular weight is 717 g/mol. The van der Waals surface area contributed by atoms with Crippen LogP contribution in [0.25, 0.3) is 71.8 Å². The fourth-order valence-corrected chi connectivity index (χ4v) is 10.5. The van der Waals surface area contributed by atoms with Crippen molar-refractivity contribution in [2.45, 2.75) is 25.3 Å². The van der Waals surface area contributed by atoms with E-state index in [2.05, 4.69) is 198 Å². The second-order valence-corrected chi connectivity index (χ2v) is 15.9. The van der Waals surface area contributed by atoms with Gasteiger partial charge in [0, 0.05) is 39.7 Å². The molecule has 1 aliphatic heterocycles. The number of anilines is 1. The lowest BCUT2D eigenvalue weighted by molar-refractivity contribution is 0.497. The Labute approximate surface area is 327 Å². The predicted molar refractivity (Wildman–Crippen MR) is 237 cm³/mol. The molecule has 8 aromatic rings. The van der Waals surface area contributed by atoms with Gasteiger partial charge in [0.2, 0.25) is 0 Å². The maximum Gasteiger partial charge on any atom is 0.0591 e. The highest BCUT2D eigenvalue weighted by molar-refractivity contribution is 6.14. The molecule has 2 heterocycles. The summed E-state index contributed by atoms with van der Waals surface area (Å²) < 4.78 is 2.44. The van der Waals surface area contributed by atoms with Gasteiger partial charge in [-0.05, 0) is 129 Å². The molecule has 2 heteroatoms. The van der Waals surface area contributed by atoms with Crippen LogP contribution in [0.5, 0.6) is 0 Å². The number of allylic oxidation sites excluding steroid dienone is 7. The van der Waals surface area contributed by atoms with Crippen molar-refractivity contribution in [3.8, 4) is 16.8 Å². The Bertz CT molecular complexity index is 3060. The second kappa shape index (κ2) is 12.4. The molecule has 0 radical (unpaired) electrons. The van der Waals surface area contributed by atoms with Gasteiger partial charge in [-0.3, -0.25) is 0 Å². The molecule has 12 rings (SSSR count). The monoisotopic (exact) mass is 716 g/mol. The number of nitrogens with zero attached hydrogens (tertiary/aromatic N) is 2. The van der Waals surface area contributed by atoms with Crippen LogP contribution in [0.15, 0.2) is 188 Å². The molecule has 1 saturated heterocycles. The van der Waals surface area contributed by atoms with E-state index in [4.69, 9.17) is 0 Å². The van der Waals surface area contributed by atoms with Crippen molar-refractivity contribution in [3.05, 3.63) is 204 Å². The van der Waals surface area contributed by atoms with Crippen molar-refractivity contribution in [2.75, 3.05) is 4.90 Å². The number of hydrogen-bond donors (Lipinski definition) is 0. The minimum atomic E-state index is 0.349. The van der Waals surface area contributed by atoms with Crippen LogP contribution in [0.4, 0.5) is 5.69 Å². The van der Waals surface area contributed by atoms with E-state index in [1.807, 2.05) is 0 Å². The summed E-state index contributed by atoms with van der Waals surface area (Å²) >= 11 is 0. The minimum Gasteiger partial charge on any atom is -0.337 e. The van der Waals surface area contributed by atoms with Gasteiger partial charge in [-0.1, -0.05) is 134 Å². The molecule has 1 fully saturated rings. The first-order chi connectivity index (χ1) is 27.8. The largest absolute Gasteiger partial charge is 0.337 e. The fraction of sp³-hybridized carbons (Fsp3) is 0.111. The smallest absolute Gasteiger partial charge is 0.0591 e. The van der Waals surface area contributed by atoms with E-state index < -0.39 is 0 Å². The van der Waals surface area contributed by atoms with Crippen LogP contribution in [0, 0.1) is 11.8 Å². The molecule has 4 aliphatic rings. The SMILES string of the molecule is C1=CC2C3CC(c4ccc5c(c4)c4ccccc4n5-c4ccc(-c5ccc6c(c5)c5c(c7ccccc76)CCC=C5)cc4)=CC=C3N(c3ccccc3)C2C=C1. The third kappa shape index (κ3) is 4.75. The lowest BCUT2D eigenvalue weighted by Crippen LogP contribution is -2.30. The van der Waals surface area contributed by atoms with Crippen molar-refractivity contribution in [3.63, 3.8) is 0 Å². The Kier molecular flexibility index (Phi) is 7.04. The van der Waals surface area contributed by atoms with Crippen molar-refractivity contribution in [1.29, 1.82) is 0 Å². The molecule has 266 valence electrons. The van der Waals surface area contributed by atoms with Gasteiger partial charge in [-0.15, -0.1) is 0 Å². The van der Waals surface area contributed by atoms with Gasteiger partial charge in [-0.2, -0.15) is 0 Å². The summed E-state index contributed by atoms with van der Waals surface area (Å²) in [5, 5.41) is 8.02. The molecule has 7 aromatic carbocycles. The van der Waals surface area contributed by atoms with Crippen LogP contribution < -0.4 is 4.90 Å². The molecular weight excluding hydrogens is 677 g/mol. The van der Waals surface area contributed by atoms with Crippen LogP contribution in [0.2, 0.25) is 0 Å². The van der Waals surface area contributed by atoms with Crippen molar-refractivity contribution in [1.82, 2.24) is 4.57 Å². The molecule has 0 bridgehead atoms. The van der Waals surface area contributed by atoms with Gasteiger partial charge in [0.05, 0.1) is 17.1 Å². The highest BCUT2D eigenvalue weighted by atomic mass is 15.2. The maximum absolute atomic E-state index is 2.57. The molecule has 1 aromatic heterocycles. The van der Waals surface area contributed by atoms with E-state index in [-0.39, 0.29) is 0 Å². The summed E-state index contributed by atoms with van der Waals surface area (Å²) in [6, 6.07) is 52.5. The molecule has 3 aliphatic carbocycles. The van der Waals surface area contributed by atoms with Crippen LogP contribution >= 0.6 is 0 Å². The van der Waals surface area contributed by atoms with E-state index in [1.165, 1.54) is 93.8 Å². The first kappa shape index (κ1) is 31.7. The maximum atomic E-state index is 2.57. The average Bonchev–Trinajstić information content (AvgIpc) is 3.79. The van der Waals surface area contributed by atoms with E-state index >= 15 is 0 Å². The van der Waals surface area contributed by atoms with Crippen molar-refractivity contribution in [2.24, 2.45) is 11.8 Å². The van der Waals surface area contributed by atoms with Gasteiger partial charge in [0.15, 0.2) is 0 Å². The molecule has 56 heavy (non-hydrogen) atoms. The Morgan fingerprint density at radius 3 is 2.12 bits per heavy atom.